The van der Waals surface area contributed by atoms with Crippen LogP contribution in [0.25, 0.3) is 0 Å². The average molecular weight is 343 g/mol. The Labute approximate surface area is 150 Å². The maximum atomic E-state index is 4.38. The minimum absolute atomic E-state index is 0. The Balaban J connectivity index is 0.00000484. The maximum Gasteiger partial charge on any atom is 0.108 e. The van der Waals surface area contributed by atoms with Crippen LogP contribution < -0.4 is 0 Å². The van der Waals surface area contributed by atoms with Gasteiger partial charge < -0.3 is 4.57 Å². The van der Waals surface area contributed by atoms with E-state index >= 15 is 0 Å². The fourth-order valence-corrected chi connectivity index (χ4v) is 3.12. The fourth-order valence-electron chi connectivity index (χ4n) is 3.12. The summed E-state index contributed by atoms with van der Waals surface area (Å²) >= 11 is 0. The summed E-state index contributed by atoms with van der Waals surface area (Å²) in [5.74, 6) is 1.24. The number of nitrogens with zero attached hydrogens (tertiary/aromatic N) is 2. The van der Waals surface area contributed by atoms with Crippen LogP contribution in [0.5, 0.6) is 0 Å². The van der Waals surface area contributed by atoms with Gasteiger partial charge in [0.05, 0.1) is 0 Å². The Hall–Kier alpha value is -0.500. The van der Waals surface area contributed by atoms with Gasteiger partial charge in [-0.05, 0) is 6.42 Å². The van der Waals surface area contributed by atoms with Gasteiger partial charge in [-0.2, -0.15) is 0 Å². The Morgan fingerprint density at radius 1 is 0.739 bits per heavy atom. The van der Waals surface area contributed by atoms with Crippen molar-refractivity contribution in [3.05, 3.63) is 18.2 Å². The second-order valence-electron chi connectivity index (χ2n) is 6.80. The van der Waals surface area contributed by atoms with Gasteiger partial charge in [-0.25, -0.2) is 4.98 Å². The lowest BCUT2D eigenvalue weighted by Gasteiger charge is -2.04. The van der Waals surface area contributed by atoms with Gasteiger partial charge in [-0.15, -0.1) is 12.4 Å². The van der Waals surface area contributed by atoms with Crippen LogP contribution >= 0.6 is 12.4 Å². The van der Waals surface area contributed by atoms with Crippen molar-refractivity contribution in [1.82, 2.24) is 9.55 Å². The lowest BCUT2D eigenvalue weighted by atomic mass is 10.0. The molecule has 136 valence electrons. The van der Waals surface area contributed by atoms with E-state index in [0.717, 1.165) is 6.42 Å². The SMILES string of the molecule is CCCCCCCCCCCCCCCCc1nccn1C.Cl. The first-order valence-corrected chi connectivity index (χ1v) is 9.80. The van der Waals surface area contributed by atoms with Crippen LogP contribution in [0.1, 0.15) is 103 Å². The van der Waals surface area contributed by atoms with Crippen molar-refractivity contribution < 1.29 is 0 Å². The summed E-state index contributed by atoms with van der Waals surface area (Å²) in [7, 11) is 2.09. The van der Waals surface area contributed by atoms with Crippen molar-refractivity contribution in [2.45, 2.75) is 103 Å². The molecule has 23 heavy (non-hydrogen) atoms. The third-order valence-corrected chi connectivity index (χ3v) is 4.67. The van der Waals surface area contributed by atoms with Gasteiger partial charge in [0.25, 0.3) is 0 Å². The summed E-state index contributed by atoms with van der Waals surface area (Å²) in [4.78, 5) is 4.38. The Morgan fingerprint density at radius 2 is 1.17 bits per heavy atom. The Morgan fingerprint density at radius 3 is 1.57 bits per heavy atom. The van der Waals surface area contributed by atoms with E-state index in [9.17, 15) is 0 Å². The third-order valence-electron chi connectivity index (χ3n) is 4.67. The highest BCUT2D eigenvalue weighted by atomic mass is 35.5. The number of aryl methyl sites for hydroxylation is 2. The number of halogens is 1. The fraction of sp³-hybridized carbons (Fsp3) is 0.850. The number of unbranched alkanes of at least 4 members (excludes halogenated alkanes) is 13. The number of aromatic nitrogens is 2. The van der Waals surface area contributed by atoms with E-state index in [-0.39, 0.29) is 12.4 Å². The molecule has 0 unspecified atom stereocenters. The van der Waals surface area contributed by atoms with Crippen molar-refractivity contribution >= 4 is 12.4 Å². The molecule has 0 amide bonds. The monoisotopic (exact) mass is 342 g/mol. The second kappa shape index (κ2) is 16.4. The molecule has 1 rings (SSSR count). The predicted octanol–water partition coefficient (Wildman–Crippen LogP) is 6.87. The topological polar surface area (TPSA) is 17.8 Å². The van der Waals surface area contributed by atoms with Crippen LogP contribution in [0, 0.1) is 0 Å². The largest absolute Gasteiger partial charge is 0.338 e. The molecule has 0 aliphatic carbocycles. The van der Waals surface area contributed by atoms with E-state index in [1.807, 2.05) is 12.4 Å². The lowest BCUT2D eigenvalue weighted by Crippen LogP contribution is -1.97. The van der Waals surface area contributed by atoms with Gasteiger partial charge in [0.2, 0.25) is 0 Å². The number of rotatable bonds is 15. The molecule has 0 N–H and O–H groups in total. The van der Waals surface area contributed by atoms with Crippen LogP contribution in [0.2, 0.25) is 0 Å². The van der Waals surface area contributed by atoms with Gasteiger partial charge in [-0.1, -0.05) is 90.4 Å². The standard InChI is InChI=1S/C20H38N2.ClH/c1-3-4-5-6-7-8-9-10-11-12-13-14-15-16-17-20-21-18-19-22(20)2;/h18-19H,3-17H2,1-2H3;1H. The van der Waals surface area contributed by atoms with Gasteiger partial charge in [0, 0.05) is 25.9 Å². The minimum atomic E-state index is 0. The highest BCUT2D eigenvalue weighted by Crippen LogP contribution is 2.13. The zero-order valence-corrected chi connectivity index (χ0v) is 16.4. The smallest absolute Gasteiger partial charge is 0.108 e. The molecule has 1 aromatic rings. The van der Waals surface area contributed by atoms with E-state index in [2.05, 4.69) is 23.5 Å². The van der Waals surface area contributed by atoms with Crippen molar-refractivity contribution in [2.75, 3.05) is 0 Å². The van der Waals surface area contributed by atoms with Gasteiger partial charge in [0.1, 0.15) is 5.82 Å². The van der Waals surface area contributed by atoms with Gasteiger partial charge in [0.15, 0.2) is 0 Å². The summed E-state index contributed by atoms with van der Waals surface area (Å²) in [5.41, 5.74) is 0. The third kappa shape index (κ3) is 12.6. The lowest BCUT2D eigenvalue weighted by molar-refractivity contribution is 0.534. The van der Waals surface area contributed by atoms with E-state index in [4.69, 9.17) is 0 Å². The van der Waals surface area contributed by atoms with Gasteiger partial charge in [-0.3, -0.25) is 0 Å². The molecule has 0 aliphatic heterocycles. The molecule has 0 fully saturated rings. The molecule has 0 aliphatic rings. The average Bonchev–Trinajstić information content (AvgIpc) is 2.93. The van der Waals surface area contributed by atoms with Crippen molar-refractivity contribution in [3.63, 3.8) is 0 Å². The van der Waals surface area contributed by atoms with Crippen molar-refractivity contribution in [3.8, 4) is 0 Å². The molecule has 0 spiro atoms. The zero-order chi connectivity index (χ0) is 15.9. The molecular weight excluding hydrogens is 304 g/mol. The molecular formula is C20H39ClN2. The quantitative estimate of drug-likeness (QED) is 0.318. The Bertz CT molecular complexity index is 349. The molecule has 0 atom stereocenters. The molecule has 2 nitrogen and oxygen atoms in total. The highest BCUT2D eigenvalue weighted by Gasteiger charge is 1.98. The molecule has 0 saturated heterocycles. The van der Waals surface area contributed by atoms with E-state index in [0.29, 0.717) is 0 Å². The van der Waals surface area contributed by atoms with Crippen molar-refractivity contribution in [2.24, 2.45) is 7.05 Å². The summed E-state index contributed by atoms with van der Waals surface area (Å²) in [5, 5.41) is 0. The number of imidazole rings is 1. The van der Waals surface area contributed by atoms with Crippen LogP contribution in [0.15, 0.2) is 12.4 Å². The second-order valence-corrected chi connectivity index (χ2v) is 6.80. The predicted molar refractivity (Wildman–Crippen MR) is 104 cm³/mol. The summed E-state index contributed by atoms with van der Waals surface area (Å²) in [6, 6.07) is 0. The maximum absolute atomic E-state index is 4.38. The molecule has 1 heterocycles. The van der Waals surface area contributed by atoms with E-state index in [1.165, 1.54) is 95.7 Å². The normalized spacial score (nSPS) is 10.7. The number of hydrogen-bond acceptors (Lipinski definition) is 1. The molecule has 0 radical (unpaired) electrons. The first-order chi connectivity index (χ1) is 10.8. The van der Waals surface area contributed by atoms with Crippen LogP contribution in [0.4, 0.5) is 0 Å². The molecule has 0 bridgehead atoms. The van der Waals surface area contributed by atoms with Gasteiger partial charge >= 0.3 is 0 Å². The van der Waals surface area contributed by atoms with E-state index < -0.39 is 0 Å². The number of hydrogen-bond donors (Lipinski definition) is 0. The zero-order valence-electron chi connectivity index (χ0n) is 15.6. The molecule has 3 heteroatoms. The van der Waals surface area contributed by atoms with Crippen LogP contribution in [-0.2, 0) is 13.5 Å². The van der Waals surface area contributed by atoms with E-state index in [1.54, 1.807) is 0 Å². The summed E-state index contributed by atoms with van der Waals surface area (Å²) < 4.78 is 2.14. The Kier molecular flexibility index (Phi) is 16.0. The summed E-state index contributed by atoms with van der Waals surface area (Å²) in [6.45, 7) is 2.29. The first-order valence-electron chi connectivity index (χ1n) is 9.80. The molecule has 1 aromatic heterocycles. The minimum Gasteiger partial charge on any atom is -0.338 e. The highest BCUT2D eigenvalue weighted by molar-refractivity contribution is 5.85. The van der Waals surface area contributed by atoms with Crippen LogP contribution in [0.3, 0.4) is 0 Å². The van der Waals surface area contributed by atoms with Crippen LogP contribution in [-0.4, -0.2) is 9.55 Å². The molecule has 0 aromatic carbocycles. The molecule has 0 saturated carbocycles. The first kappa shape index (κ1) is 22.5. The summed E-state index contributed by atoms with van der Waals surface area (Å²) in [6.07, 6.45) is 25.0. The van der Waals surface area contributed by atoms with Crippen molar-refractivity contribution in [1.29, 1.82) is 0 Å².